The Labute approximate surface area is 142 Å². The summed E-state index contributed by atoms with van der Waals surface area (Å²) in [5.41, 5.74) is 2.66. The summed E-state index contributed by atoms with van der Waals surface area (Å²) >= 11 is 1.53. The molecular formula is C20H14O3S. The second kappa shape index (κ2) is 5.98. The fraction of sp³-hybridized carbons (Fsp3) is 0.0500. The normalized spacial score (nSPS) is 10.9. The van der Waals surface area contributed by atoms with Crippen LogP contribution in [0.3, 0.4) is 0 Å². The van der Waals surface area contributed by atoms with Gasteiger partial charge in [-0.05, 0) is 35.2 Å². The molecule has 0 bridgehead atoms. The second-order valence-corrected chi connectivity index (χ2v) is 6.29. The molecule has 0 atom stereocenters. The van der Waals surface area contributed by atoms with E-state index in [9.17, 15) is 4.79 Å². The van der Waals surface area contributed by atoms with Crippen LogP contribution < -0.4 is 10.4 Å². The van der Waals surface area contributed by atoms with Gasteiger partial charge >= 0.3 is 5.63 Å². The zero-order valence-electron chi connectivity index (χ0n) is 13.0. The van der Waals surface area contributed by atoms with E-state index in [1.165, 1.54) is 11.3 Å². The van der Waals surface area contributed by atoms with Crippen LogP contribution in [0.2, 0.25) is 0 Å². The molecule has 0 amide bonds. The van der Waals surface area contributed by atoms with E-state index in [4.69, 9.17) is 9.15 Å². The van der Waals surface area contributed by atoms with E-state index in [1.807, 2.05) is 66.0 Å². The summed E-state index contributed by atoms with van der Waals surface area (Å²) in [5, 5.41) is 2.87. The lowest BCUT2D eigenvalue weighted by Gasteiger charge is -2.12. The molecule has 2 heterocycles. The van der Waals surface area contributed by atoms with Crippen LogP contribution in [0.4, 0.5) is 0 Å². The third kappa shape index (κ3) is 2.41. The molecule has 0 N–H and O–H groups in total. The lowest BCUT2D eigenvalue weighted by atomic mass is 9.96. The molecule has 3 nitrogen and oxygen atoms in total. The van der Waals surface area contributed by atoms with Crippen molar-refractivity contribution in [3.05, 3.63) is 76.5 Å². The molecule has 0 fully saturated rings. The Morgan fingerprint density at radius 3 is 2.62 bits per heavy atom. The van der Waals surface area contributed by atoms with Gasteiger partial charge in [0, 0.05) is 15.8 Å². The van der Waals surface area contributed by atoms with Gasteiger partial charge in [0.1, 0.15) is 11.3 Å². The Bertz CT molecular complexity index is 1060. The first-order chi connectivity index (χ1) is 11.8. The van der Waals surface area contributed by atoms with Gasteiger partial charge in [-0.3, -0.25) is 0 Å². The van der Waals surface area contributed by atoms with Crippen molar-refractivity contribution in [1.29, 1.82) is 0 Å². The highest BCUT2D eigenvalue weighted by Crippen LogP contribution is 2.38. The van der Waals surface area contributed by atoms with Crippen molar-refractivity contribution in [3.8, 4) is 27.3 Å². The number of rotatable bonds is 3. The molecule has 0 unspecified atom stereocenters. The first-order valence-electron chi connectivity index (χ1n) is 7.52. The van der Waals surface area contributed by atoms with E-state index < -0.39 is 0 Å². The Hall–Kier alpha value is -2.85. The summed E-state index contributed by atoms with van der Waals surface area (Å²) < 4.78 is 10.9. The molecule has 0 saturated heterocycles. The predicted octanol–water partition coefficient (Wildman–Crippen LogP) is 5.20. The minimum Gasteiger partial charge on any atom is -0.497 e. The van der Waals surface area contributed by atoms with Crippen molar-refractivity contribution >= 4 is 22.3 Å². The molecule has 0 radical (unpaired) electrons. The van der Waals surface area contributed by atoms with Gasteiger partial charge in [-0.2, -0.15) is 0 Å². The average Bonchev–Trinajstić information content (AvgIpc) is 3.14. The van der Waals surface area contributed by atoms with Crippen molar-refractivity contribution in [2.75, 3.05) is 7.11 Å². The van der Waals surface area contributed by atoms with Crippen molar-refractivity contribution in [2.24, 2.45) is 0 Å². The molecule has 2 aromatic heterocycles. The summed E-state index contributed by atoms with van der Waals surface area (Å²) in [5.74, 6) is 0.752. The number of hydrogen-bond donors (Lipinski definition) is 0. The molecule has 4 rings (SSSR count). The van der Waals surface area contributed by atoms with Crippen molar-refractivity contribution in [2.45, 2.75) is 0 Å². The van der Waals surface area contributed by atoms with E-state index in [1.54, 1.807) is 7.11 Å². The summed E-state index contributed by atoms with van der Waals surface area (Å²) in [6.07, 6.45) is 0. The fourth-order valence-electron chi connectivity index (χ4n) is 2.87. The van der Waals surface area contributed by atoms with E-state index in [-0.39, 0.29) is 5.63 Å². The summed E-state index contributed by atoms with van der Waals surface area (Å²) in [6.45, 7) is 0. The maximum absolute atomic E-state index is 12.7. The molecular weight excluding hydrogens is 320 g/mol. The molecule has 0 aliphatic heterocycles. The molecule has 118 valence electrons. The Morgan fingerprint density at radius 2 is 1.83 bits per heavy atom. The van der Waals surface area contributed by atoms with Crippen LogP contribution >= 0.6 is 11.3 Å². The molecule has 0 saturated carbocycles. The van der Waals surface area contributed by atoms with E-state index in [0.29, 0.717) is 11.1 Å². The number of thiophene rings is 1. The molecule has 0 spiro atoms. The Kier molecular flexibility index (Phi) is 3.67. The summed E-state index contributed by atoms with van der Waals surface area (Å²) in [7, 11) is 1.64. The van der Waals surface area contributed by atoms with E-state index >= 15 is 0 Å². The van der Waals surface area contributed by atoms with Gasteiger partial charge in [0.05, 0.1) is 12.7 Å². The molecule has 4 heteroatoms. The number of hydrogen-bond acceptors (Lipinski definition) is 4. The topological polar surface area (TPSA) is 39.4 Å². The van der Waals surface area contributed by atoms with Crippen molar-refractivity contribution in [1.82, 2.24) is 0 Å². The van der Waals surface area contributed by atoms with Crippen molar-refractivity contribution in [3.63, 3.8) is 0 Å². The summed E-state index contributed by atoms with van der Waals surface area (Å²) in [6, 6.07) is 19.2. The first kappa shape index (κ1) is 14.7. The summed E-state index contributed by atoms with van der Waals surface area (Å²) in [4.78, 5) is 13.6. The lowest BCUT2D eigenvalue weighted by Crippen LogP contribution is -2.05. The van der Waals surface area contributed by atoms with E-state index in [0.717, 1.165) is 27.1 Å². The van der Waals surface area contributed by atoms with Crippen molar-refractivity contribution < 1.29 is 9.15 Å². The number of para-hydroxylation sites is 1. The van der Waals surface area contributed by atoms with Gasteiger partial charge in [0.2, 0.25) is 0 Å². The van der Waals surface area contributed by atoms with Crippen LogP contribution in [0.25, 0.3) is 32.5 Å². The Morgan fingerprint density at radius 1 is 0.958 bits per heavy atom. The third-order valence-corrected chi connectivity index (χ3v) is 4.83. The highest BCUT2D eigenvalue weighted by Gasteiger charge is 2.18. The number of fused-ring (bicyclic) bond motifs is 1. The maximum atomic E-state index is 12.7. The van der Waals surface area contributed by atoms with Crippen LogP contribution in [-0.2, 0) is 0 Å². The van der Waals surface area contributed by atoms with Gasteiger partial charge in [-0.15, -0.1) is 11.3 Å². The highest BCUT2D eigenvalue weighted by molar-refractivity contribution is 7.13. The monoisotopic (exact) mass is 334 g/mol. The quantitative estimate of drug-likeness (QED) is 0.484. The van der Waals surface area contributed by atoms with Crippen LogP contribution in [0, 0.1) is 0 Å². The predicted molar refractivity (Wildman–Crippen MR) is 97.8 cm³/mol. The number of benzene rings is 2. The smallest absolute Gasteiger partial charge is 0.345 e. The second-order valence-electron chi connectivity index (χ2n) is 5.34. The molecule has 0 aliphatic rings. The minimum absolute atomic E-state index is 0.325. The average molecular weight is 334 g/mol. The van der Waals surface area contributed by atoms with Gasteiger partial charge in [-0.1, -0.05) is 36.4 Å². The van der Waals surface area contributed by atoms with Gasteiger partial charge in [0.15, 0.2) is 0 Å². The van der Waals surface area contributed by atoms with Gasteiger partial charge < -0.3 is 9.15 Å². The lowest BCUT2D eigenvalue weighted by molar-refractivity contribution is 0.415. The largest absolute Gasteiger partial charge is 0.497 e. The standard InChI is InChI=1S/C20H14O3S/c1-22-14-7-4-6-13(12-14)18-15-8-2-3-9-16(15)23-20(21)19(18)17-10-5-11-24-17/h2-12H,1H3. The zero-order chi connectivity index (χ0) is 16.5. The SMILES string of the molecule is COc1cccc(-c2c(-c3cccs3)c(=O)oc3ccccc23)c1. The first-order valence-corrected chi connectivity index (χ1v) is 8.40. The molecule has 24 heavy (non-hydrogen) atoms. The number of methoxy groups -OCH3 is 1. The maximum Gasteiger partial charge on any atom is 0.345 e. The zero-order valence-corrected chi connectivity index (χ0v) is 13.8. The minimum atomic E-state index is -0.325. The van der Waals surface area contributed by atoms with Gasteiger partial charge in [-0.25, -0.2) is 4.79 Å². The fourth-order valence-corrected chi connectivity index (χ4v) is 3.64. The highest BCUT2D eigenvalue weighted by atomic mass is 32.1. The van der Waals surface area contributed by atoms with E-state index in [2.05, 4.69) is 0 Å². The Balaban J connectivity index is 2.15. The van der Waals surface area contributed by atoms with Crippen LogP contribution in [0.1, 0.15) is 0 Å². The van der Waals surface area contributed by atoms with Crippen LogP contribution in [0.15, 0.2) is 75.3 Å². The number of ether oxygens (including phenoxy) is 1. The molecule has 0 aliphatic carbocycles. The molecule has 2 aromatic carbocycles. The van der Waals surface area contributed by atoms with Crippen LogP contribution in [0.5, 0.6) is 5.75 Å². The van der Waals surface area contributed by atoms with Gasteiger partial charge in [0.25, 0.3) is 0 Å². The molecule has 4 aromatic rings. The van der Waals surface area contributed by atoms with Crippen LogP contribution in [-0.4, -0.2) is 7.11 Å². The third-order valence-electron chi connectivity index (χ3n) is 3.94.